The number of aromatic nitrogens is 3. The SMILES string of the molecule is O=c1[nH]ncc(N2CCC(Oc3ccc(C(F)(F)F)cn3)C2)c1Cl. The molecular weight excluding hydrogens is 349 g/mol. The summed E-state index contributed by atoms with van der Waals surface area (Å²) in [6.45, 7) is 1.00. The molecule has 0 aliphatic carbocycles. The summed E-state index contributed by atoms with van der Waals surface area (Å²) >= 11 is 5.96. The van der Waals surface area contributed by atoms with Gasteiger partial charge in [0.1, 0.15) is 11.1 Å². The molecule has 1 N–H and O–H groups in total. The molecule has 1 aliphatic rings. The molecule has 1 saturated heterocycles. The van der Waals surface area contributed by atoms with Crippen LogP contribution in [-0.4, -0.2) is 34.4 Å². The van der Waals surface area contributed by atoms with Gasteiger partial charge in [-0.3, -0.25) is 4.79 Å². The Morgan fingerprint density at radius 3 is 2.79 bits per heavy atom. The van der Waals surface area contributed by atoms with Gasteiger partial charge in [-0.25, -0.2) is 10.1 Å². The molecule has 1 aliphatic heterocycles. The van der Waals surface area contributed by atoms with Crippen molar-refractivity contribution in [3.05, 3.63) is 45.5 Å². The smallest absolute Gasteiger partial charge is 0.417 e. The number of nitrogens with zero attached hydrogens (tertiary/aromatic N) is 3. The highest BCUT2D eigenvalue weighted by Crippen LogP contribution is 2.30. The van der Waals surface area contributed by atoms with Crippen molar-refractivity contribution in [2.75, 3.05) is 18.0 Å². The summed E-state index contributed by atoms with van der Waals surface area (Å²) < 4.78 is 43.1. The molecule has 1 unspecified atom stereocenters. The maximum atomic E-state index is 12.5. The predicted molar refractivity (Wildman–Crippen MR) is 80.4 cm³/mol. The highest BCUT2D eigenvalue weighted by atomic mass is 35.5. The fraction of sp³-hybridized carbons (Fsp3) is 0.357. The Balaban J connectivity index is 1.66. The van der Waals surface area contributed by atoms with Crippen molar-refractivity contribution in [2.45, 2.75) is 18.7 Å². The first-order valence-corrected chi connectivity index (χ1v) is 7.40. The summed E-state index contributed by atoms with van der Waals surface area (Å²) in [7, 11) is 0. The van der Waals surface area contributed by atoms with E-state index in [0.29, 0.717) is 25.2 Å². The number of rotatable bonds is 3. The molecule has 0 amide bonds. The van der Waals surface area contributed by atoms with Gasteiger partial charge in [0, 0.05) is 25.2 Å². The van der Waals surface area contributed by atoms with E-state index >= 15 is 0 Å². The van der Waals surface area contributed by atoms with E-state index in [2.05, 4.69) is 15.2 Å². The molecular formula is C14H12ClF3N4O2. The normalized spacial score (nSPS) is 18.0. The van der Waals surface area contributed by atoms with Crippen molar-refractivity contribution in [1.82, 2.24) is 15.2 Å². The second kappa shape index (κ2) is 6.31. The number of H-pyrrole nitrogens is 1. The lowest BCUT2D eigenvalue weighted by Crippen LogP contribution is -2.26. The lowest BCUT2D eigenvalue weighted by atomic mass is 10.3. The van der Waals surface area contributed by atoms with Gasteiger partial charge in [-0.15, -0.1) is 0 Å². The fourth-order valence-corrected chi connectivity index (χ4v) is 2.64. The van der Waals surface area contributed by atoms with Crippen LogP contribution in [0.15, 0.2) is 29.3 Å². The Bertz CT molecular complexity index is 779. The summed E-state index contributed by atoms with van der Waals surface area (Å²) in [5.41, 5.74) is -0.820. The minimum Gasteiger partial charge on any atom is -0.472 e. The molecule has 1 atom stereocenters. The maximum absolute atomic E-state index is 12.5. The van der Waals surface area contributed by atoms with Crippen LogP contribution >= 0.6 is 11.6 Å². The molecule has 1 fully saturated rings. The van der Waals surface area contributed by atoms with Gasteiger partial charge in [0.05, 0.1) is 24.0 Å². The molecule has 3 rings (SSSR count). The predicted octanol–water partition coefficient (Wildman–Crippen LogP) is 2.49. The Morgan fingerprint density at radius 2 is 2.12 bits per heavy atom. The molecule has 0 bridgehead atoms. The van der Waals surface area contributed by atoms with E-state index in [9.17, 15) is 18.0 Å². The number of anilines is 1. The van der Waals surface area contributed by atoms with E-state index < -0.39 is 17.3 Å². The minimum absolute atomic E-state index is 0.0401. The van der Waals surface area contributed by atoms with Crippen LogP contribution in [0.2, 0.25) is 5.02 Å². The number of pyridine rings is 1. The van der Waals surface area contributed by atoms with Crippen LogP contribution < -0.4 is 15.2 Å². The summed E-state index contributed by atoms with van der Waals surface area (Å²) in [4.78, 5) is 17.0. The van der Waals surface area contributed by atoms with Crippen LogP contribution in [0.3, 0.4) is 0 Å². The number of aromatic amines is 1. The average molecular weight is 361 g/mol. The van der Waals surface area contributed by atoms with Crippen LogP contribution in [0, 0.1) is 0 Å². The molecule has 0 aromatic carbocycles. The Kier molecular flexibility index (Phi) is 4.35. The standard InChI is InChI=1S/C14H12ClF3N4O2/c15-12-10(6-20-21-13(12)23)22-4-3-9(7-22)24-11-2-1-8(5-19-11)14(16,17)18/h1-2,5-6,9H,3-4,7H2,(H,21,23). The number of alkyl halides is 3. The number of halogens is 4. The van der Waals surface area contributed by atoms with Gasteiger partial charge in [-0.1, -0.05) is 11.6 Å². The molecule has 10 heteroatoms. The quantitative estimate of drug-likeness (QED) is 0.910. The van der Waals surface area contributed by atoms with E-state index in [4.69, 9.17) is 16.3 Å². The van der Waals surface area contributed by atoms with Crippen molar-refractivity contribution < 1.29 is 17.9 Å². The minimum atomic E-state index is -4.43. The van der Waals surface area contributed by atoms with Gasteiger partial charge in [0.2, 0.25) is 5.88 Å². The zero-order valence-corrected chi connectivity index (χ0v) is 12.9. The molecule has 24 heavy (non-hydrogen) atoms. The van der Waals surface area contributed by atoms with Crippen LogP contribution in [0.25, 0.3) is 0 Å². The van der Waals surface area contributed by atoms with Crippen LogP contribution in [-0.2, 0) is 6.18 Å². The van der Waals surface area contributed by atoms with Gasteiger partial charge in [0.25, 0.3) is 5.56 Å². The average Bonchev–Trinajstić information content (AvgIpc) is 2.98. The Labute approximate surface area is 139 Å². The summed E-state index contributed by atoms with van der Waals surface area (Å²) in [5.74, 6) is 0.116. The van der Waals surface area contributed by atoms with Crippen LogP contribution in [0.4, 0.5) is 18.9 Å². The molecule has 0 saturated carbocycles. The van der Waals surface area contributed by atoms with E-state index in [1.165, 1.54) is 12.3 Å². The third kappa shape index (κ3) is 3.45. The van der Waals surface area contributed by atoms with Gasteiger partial charge in [-0.2, -0.15) is 18.3 Å². The van der Waals surface area contributed by atoms with Gasteiger partial charge < -0.3 is 9.64 Å². The topological polar surface area (TPSA) is 71.1 Å². The van der Waals surface area contributed by atoms with Crippen molar-refractivity contribution in [1.29, 1.82) is 0 Å². The zero-order valence-electron chi connectivity index (χ0n) is 12.2. The fourth-order valence-electron chi connectivity index (χ4n) is 2.43. The molecule has 0 spiro atoms. The van der Waals surface area contributed by atoms with E-state index in [1.807, 2.05) is 4.90 Å². The number of nitrogens with one attached hydrogen (secondary N) is 1. The number of ether oxygens (including phenoxy) is 1. The van der Waals surface area contributed by atoms with E-state index in [1.54, 1.807) is 0 Å². The van der Waals surface area contributed by atoms with Crippen molar-refractivity contribution in [3.8, 4) is 5.88 Å². The maximum Gasteiger partial charge on any atom is 0.417 e. The van der Waals surface area contributed by atoms with Crippen molar-refractivity contribution in [2.24, 2.45) is 0 Å². The second-order valence-electron chi connectivity index (χ2n) is 5.26. The second-order valence-corrected chi connectivity index (χ2v) is 5.63. The summed E-state index contributed by atoms with van der Waals surface area (Å²) in [6.07, 6.45) is -1.90. The van der Waals surface area contributed by atoms with Crippen LogP contribution in [0.5, 0.6) is 5.88 Å². The van der Waals surface area contributed by atoms with Gasteiger partial charge >= 0.3 is 6.18 Å². The van der Waals surface area contributed by atoms with E-state index in [-0.39, 0.29) is 17.0 Å². The van der Waals surface area contributed by atoms with Crippen molar-refractivity contribution in [3.63, 3.8) is 0 Å². The lowest BCUT2D eigenvalue weighted by Gasteiger charge is -2.19. The first-order chi connectivity index (χ1) is 11.3. The number of hydrogen-bond donors (Lipinski definition) is 1. The lowest BCUT2D eigenvalue weighted by molar-refractivity contribution is -0.137. The van der Waals surface area contributed by atoms with E-state index in [0.717, 1.165) is 12.3 Å². The van der Waals surface area contributed by atoms with Crippen molar-refractivity contribution >= 4 is 17.3 Å². The first-order valence-electron chi connectivity index (χ1n) is 7.02. The third-order valence-electron chi connectivity index (χ3n) is 3.61. The third-order valence-corrected chi connectivity index (χ3v) is 3.98. The molecule has 6 nitrogen and oxygen atoms in total. The molecule has 2 aromatic heterocycles. The summed E-state index contributed by atoms with van der Waals surface area (Å²) in [6, 6.07) is 2.11. The molecule has 3 heterocycles. The molecule has 128 valence electrons. The first kappa shape index (κ1) is 16.6. The molecule has 0 radical (unpaired) electrons. The monoisotopic (exact) mass is 360 g/mol. The molecule has 2 aromatic rings. The highest BCUT2D eigenvalue weighted by molar-refractivity contribution is 6.33. The van der Waals surface area contributed by atoms with Gasteiger partial charge in [0.15, 0.2) is 0 Å². The highest BCUT2D eigenvalue weighted by Gasteiger charge is 2.31. The van der Waals surface area contributed by atoms with Gasteiger partial charge in [-0.05, 0) is 6.07 Å². The number of hydrogen-bond acceptors (Lipinski definition) is 5. The Hall–Kier alpha value is -2.29. The Morgan fingerprint density at radius 1 is 1.33 bits per heavy atom. The summed E-state index contributed by atoms with van der Waals surface area (Å²) in [5, 5.41) is 5.98. The van der Waals surface area contributed by atoms with Crippen LogP contribution in [0.1, 0.15) is 12.0 Å². The largest absolute Gasteiger partial charge is 0.472 e. The zero-order chi connectivity index (χ0) is 17.3.